The van der Waals surface area contributed by atoms with Gasteiger partial charge in [0, 0.05) is 22.0 Å². The first-order chi connectivity index (χ1) is 12.1. The molecule has 2 aromatic heterocycles. The van der Waals surface area contributed by atoms with Gasteiger partial charge >= 0.3 is 0 Å². The minimum Gasteiger partial charge on any atom is -0.297 e. The lowest BCUT2D eigenvalue weighted by atomic mass is 10.1. The van der Waals surface area contributed by atoms with Gasteiger partial charge in [-0.2, -0.15) is 0 Å². The van der Waals surface area contributed by atoms with Crippen LogP contribution >= 0.6 is 11.3 Å². The Kier molecular flexibility index (Phi) is 3.78. The summed E-state index contributed by atoms with van der Waals surface area (Å²) in [5.74, 6) is 0. The summed E-state index contributed by atoms with van der Waals surface area (Å²) in [5, 5.41) is 0.835. The molecular weight excluding hydrogens is 354 g/mol. The average molecular weight is 367 g/mol. The maximum atomic E-state index is 13.1. The number of carbonyl (C=O) groups excluding carboxylic acids is 1. The number of rotatable bonds is 4. The maximum absolute atomic E-state index is 13.1. The highest BCUT2D eigenvalue weighted by Gasteiger charge is 2.21. The number of thiophene rings is 1. The van der Waals surface area contributed by atoms with E-state index < -0.39 is 10.0 Å². The van der Waals surface area contributed by atoms with E-state index in [1.165, 1.54) is 15.3 Å². The Hall–Kier alpha value is -2.70. The van der Waals surface area contributed by atoms with E-state index in [1.807, 2.05) is 24.3 Å². The third-order valence-electron chi connectivity index (χ3n) is 3.99. The molecule has 0 saturated carbocycles. The van der Waals surface area contributed by atoms with Crippen molar-refractivity contribution in [3.05, 3.63) is 77.8 Å². The number of hydrogen-bond acceptors (Lipinski definition) is 4. The van der Waals surface area contributed by atoms with Gasteiger partial charge in [0.15, 0.2) is 6.29 Å². The van der Waals surface area contributed by atoms with Gasteiger partial charge in [-0.3, -0.25) is 4.79 Å². The summed E-state index contributed by atoms with van der Waals surface area (Å²) in [4.78, 5) is 12.7. The largest absolute Gasteiger partial charge is 0.297 e. The standard InChI is InChI=1S/C19H13NO3S2/c21-13-14-10-11-19(24-14)17-12-20(18-9-5-4-8-16(17)18)25(22,23)15-6-2-1-3-7-15/h1-13H. The van der Waals surface area contributed by atoms with Crippen molar-refractivity contribution in [3.8, 4) is 10.4 Å². The molecule has 0 atom stereocenters. The van der Waals surface area contributed by atoms with E-state index in [9.17, 15) is 13.2 Å². The molecule has 0 aliphatic heterocycles. The predicted octanol–water partition coefficient (Wildman–Crippen LogP) is 4.42. The van der Waals surface area contributed by atoms with Gasteiger partial charge in [0.05, 0.1) is 15.3 Å². The number of hydrogen-bond donors (Lipinski definition) is 0. The first-order valence-electron chi connectivity index (χ1n) is 7.57. The summed E-state index contributed by atoms with van der Waals surface area (Å²) in [7, 11) is -3.70. The summed E-state index contributed by atoms with van der Waals surface area (Å²) in [6.07, 6.45) is 2.43. The highest BCUT2D eigenvalue weighted by Crippen LogP contribution is 2.36. The quantitative estimate of drug-likeness (QED) is 0.502. The zero-order valence-electron chi connectivity index (χ0n) is 13.0. The minimum atomic E-state index is -3.70. The van der Waals surface area contributed by atoms with E-state index in [0.717, 1.165) is 22.1 Å². The van der Waals surface area contributed by atoms with Crippen LogP contribution < -0.4 is 0 Å². The number of fused-ring (bicyclic) bond motifs is 1. The van der Waals surface area contributed by atoms with Gasteiger partial charge in [0.2, 0.25) is 0 Å². The fraction of sp³-hybridized carbons (Fsp3) is 0. The molecule has 0 amide bonds. The number of benzene rings is 2. The predicted molar refractivity (Wildman–Crippen MR) is 99.7 cm³/mol. The molecule has 2 aromatic carbocycles. The Morgan fingerprint density at radius 1 is 0.880 bits per heavy atom. The molecule has 0 N–H and O–H groups in total. The fourth-order valence-electron chi connectivity index (χ4n) is 2.81. The molecule has 124 valence electrons. The second kappa shape index (κ2) is 5.98. The monoisotopic (exact) mass is 367 g/mol. The Morgan fingerprint density at radius 3 is 2.32 bits per heavy atom. The average Bonchev–Trinajstić information content (AvgIpc) is 3.27. The molecule has 0 saturated heterocycles. The van der Waals surface area contributed by atoms with E-state index in [4.69, 9.17) is 0 Å². The first-order valence-corrected chi connectivity index (χ1v) is 9.83. The third kappa shape index (κ3) is 2.59. The first kappa shape index (κ1) is 15.8. The highest BCUT2D eigenvalue weighted by molar-refractivity contribution is 7.90. The SMILES string of the molecule is O=Cc1ccc(-c2cn(S(=O)(=O)c3ccccc3)c3ccccc23)s1. The summed E-state index contributed by atoms with van der Waals surface area (Å²) in [6.45, 7) is 0. The fourth-order valence-corrected chi connectivity index (χ4v) is 5.05. The summed E-state index contributed by atoms with van der Waals surface area (Å²) < 4.78 is 27.4. The van der Waals surface area contributed by atoms with Gasteiger partial charge in [-0.1, -0.05) is 36.4 Å². The van der Waals surface area contributed by atoms with Crippen LogP contribution in [0.4, 0.5) is 0 Å². The molecule has 0 fully saturated rings. The lowest BCUT2D eigenvalue weighted by molar-refractivity contribution is 0.112. The number of aromatic nitrogens is 1. The molecule has 0 radical (unpaired) electrons. The molecule has 4 rings (SSSR count). The molecule has 0 aliphatic rings. The van der Waals surface area contributed by atoms with Crippen molar-refractivity contribution in [1.82, 2.24) is 3.97 Å². The molecule has 0 spiro atoms. The molecule has 4 nitrogen and oxygen atoms in total. The lowest BCUT2D eigenvalue weighted by Gasteiger charge is -2.07. The van der Waals surface area contributed by atoms with Crippen LogP contribution in [0, 0.1) is 0 Å². The van der Waals surface area contributed by atoms with Crippen molar-refractivity contribution in [2.45, 2.75) is 4.90 Å². The van der Waals surface area contributed by atoms with Crippen molar-refractivity contribution in [2.75, 3.05) is 0 Å². The van der Waals surface area contributed by atoms with Crippen molar-refractivity contribution in [3.63, 3.8) is 0 Å². The number of aldehydes is 1. The molecule has 6 heteroatoms. The number of carbonyl (C=O) groups is 1. The van der Waals surface area contributed by atoms with Crippen LogP contribution in [0.15, 0.2) is 77.8 Å². The molecule has 4 aromatic rings. The van der Waals surface area contributed by atoms with E-state index in [0.29, 0.717) is 10.4 Å². The van der Waals surface area contributed by atoms with Crippen LogP contribution in [0.25, 0.3) is 21.3 Å². The van der Waals surface area contributed by atoms with Crippen LogP contribution in [0.5, 0.6) is 0 Å². The van der Waals surface area contributed by atoms with Gasteiger partial charge in [-0.15, -0.1) is 11.3 Å². The normalized spacial score (nSPS) is 11.7. The van der Waals surface area contributed by atoms with Crippen molar-refractivity contribution in [2.24, 2.45) is 0 Å². The number of para-hydroxylation sites is 1. The van der Waals surface area contributed by atoms with Gasteiger partial charge in [-0.25, -0.2) is 12.4 Å². The van der Waals surface area contributed by atoms with E-state index in [2.05, 4.69) is 0 Å². The molecular formula is C19H13NO3S2. The molecule has 0 bridgehead atoms. The van der Waals surface area contributed by atoms with Crippen LogP contribution in [0.1, 0.15) is 9.67 Å². The molecule has 0 aliphatic carbocycles. The minimum absolute atomic E-state index is 0.238. The van der Waals surface area contributed by atoms with Gasteiger partial charge in [0.25, 0.3) is 10.0 Å². The molecule has 2 heterocycles. The zero-order chi connectivity index (χ0) is 17.4. The van der Waals surface area contributed by atoms with E-state index in [-0.39, 0.29) is 4.90 Å². The molecule has 25 heavy (non-hydrogen) atoms. The topological polar surface area (TPSA) is 56.1 Å². The summed E-state index contributed by atoms with van der Waals surface area (Å²) in [5.41, 5.74) is 1.41. The second-order valence-electron chi connectivity index (χ2n) is 5.49. The van der Waals surface area contributed by atoms with E-state index in [1.54, 1.807) is 48.7 Å². The number of nitrogens with zero attached hydrogens (tertiary/aromatic N) is 1. The van der Waals surface area contributed by atoms with Gasteiger partial charge < -0.3 is 0 Å². The Labute approximate surface area is 149 Å². The Bertz CT molecular complexity index is 1170. The highest BCUT2D eigenvalue weighted by atomic mass is 32.2. The van der Waals surface area contributed by atoms with E-state index >= 15 is 0 Å². The molecule has 0 unspecified atom stereocenters. The Morgan fingerprint density at radius 2 is 1.60 bits per heavy atom. The van der Waals surface area contributed by atoms with Crippen LogP contribution in [-0.4, -0.2) is 18.7 Å². The van der Waals surface area contributed by atoms with Crippen LogP contribution in [0.2, 0.25) is 0 Å². The van der Waals surface area contributed by atoms with Gasteiger partial charge in [-0.05, 0) is 30.3 Å². The van der Waals surface area contributed by atoms with Gasteiger partial charge in [0.1, 0.15) is 0 Å². The zero-order valence-corrected chi connectivity index (χ0v) is 14.6. The van der Waals surface area contributed by atoms with Crippen LogP contribution in [0.3, 0.4) is 0 Å². The Balaban J connectivity index is 1.99. The van der Waals surface area contributed by atoms with Crippen molar-refractivity contribution in [1.29, 1.82) is 0 Å². The van der Waals surface area contributed by atoms with Crippen molar-refractivity contribution >= 4 is 38.5 Å². The third-order valence-corrected chi connectivity index (χ3v) is 6.72. The summed E-state index contributed by atoms with van der Waals surface area (Å²) >= 11 is 1.34. The van der Waals surface area contributed by atoms with Crippen LogP contribution in [-0.2, 0) is 10.0 Å². The summed E-state index contributed by atoms with van der Waals surface area (Å²) in [6, 6.07) is 19.3. The van der Waals surface area contributed by atoms with Crippen molar-refractivity contribution < 1.29 is 13.2 Å². The maximum Gasteiger partial charge on any atom is 0.268 e. The second-order valence-corrected chi connectivity index (χ2v) is 8.42. The smallest absolute Gasteiger partial charge is 0.268 e. The lowest BCUT2D eigenvalue weighted by Crippen LogP contribution is -2.11.